The summed E-state index contributed by atoms with van der Waals surface area (Å²) in [6.45, 7) is 3.97. The number of urea groups is 1. The molecule has 1 saturated heterocycles. The summed E-state index contributed by atoms with van der Waals surface area (Å²) < 4.78 is 28.9. The molecule has 174 valence electrons. The quantitative estimate of drug-likeness (QED) is 0.535. The second kappa shape index (κ2) is 8.43. The van der Waals surface area contributed by atoms with Crippen LogP contribution in [0.5, 0.6) is 0 Å². The van der Waals surface area contributed by atoms with E-state index in [-0.39, 0.29) is 18.0 Å². The molecule has 3 aromatic rings. The molecule has 8 heteroatoms. The van der Waals surface area contributed by atoms with Crippen molar-refractivity contribution in [3.05, 3.63) is 94.6 Å². The van der Waals surface area contributed by atoms with E-state index in [9.17, 15) is 18.4 Å². The third kappa shape index (κ3) is 3.53. The van der Waals surface area contributed by atoms with Gasteiger partial charge in [-0.15, -0.1) is 11.8 Å². The van der Waals surface area contributed by atoms with Crippen LogP contribution < -0.4 is 10.2 Å². The van der Waals surface area contributed by atoms with Crippen LogP contribution in [0, 0.1) is 25.5 Å². The van der Waals surface area contributed by atoms with E-state index in [2.05, 4.69) is 5.32 Å². The van der Waals surface area contributed by atoms with Crippen molar-refractivity contribution in [3.63, 3.8) is 0 Å². The molecule has 1 spiro atoms. The van der Waals surface area contributed by atoms with Crippen LogP contribution in [0.2, 0.25) is 0 Å². The zero-order valence-electron chi connectivity index (χ0n) is 18.8. The fourth-order valence-corrected chi connectivity index (χ4v) is 6.01. The Morgan fingerprint density at radius 3 is 2.41 bits per heavy atom. The number of hydrogen-bond acceptors (Lipinski definition) is 3. The first-order valence-corrected chi connectivity index (χ1v) is 11.9. The topological polar surface area (TPSA) is 52.7 Å². The van der Waals surface area contributed by atoms with E-state index >= 15 is 0 Å². The molecule has 1 unspecified atom stereocenters. The monoisotopic (exact) mass is 479 g/mol. The molecule has 1 atom stereocenters. The maximum atomic E-state index is 14.5. The summed E-state index contributed by atoms with van der Waals surface area (Å²) in [5, 5.41) is 2.89. The summed E-state index contributed by atoms with van der Waals surface area (Å²) in [5.41, 5.74) is 3.66. The van der Waals surface area contributed by atoms with Gasteiger partial charge in [0.1, 0.15) is 11.6 Å². The zero-order valence-corrected chi connectivity index (χ0v) is 19.6. The lowest BCUT2D eigenvalue weighted by atomic mass is 10.0. The van der Waals surface area contributed by atoms with E-state index in [1.54, 1.807) is 6.07 Å². The fraction of sp³-hybridized carbons (Fsp3) is 0.231. The summed E-state index contributed by atoms with van der Waals surface area (Å²) in [5.74, 6) is -1.24. The predicted octanol–water partition coefficient (Wildman–Crippen LogP) is 5.56. The van der Waals surface area contributed by atoms with Gasteiger partial charge in [0, 0.05) is 29.1 Å². The normalized spacial score (nSPS) is 19.1. The number of nitrogens with zero attached hydrogens (tertiary/aromatic N) is 2. The van der Waals surface area contributed by atoms with Gasteiger partial charge in [0.25, 0.3) is 5.91 Å². The number of halogens is 2. The zero-order chi connectivity index (χ0) is 24.0. The minimum atomic E-state index is -1.29. The van der Waals surface area contributed by atoms with Gasteiger partial charge in [-0.05, 0) is 44.2 Å². The molecular formula is C26H23F2N3O2S. The lowest BCUT2D eigenvalue weighted by Gasteiger charge is -2.33. The van der Waals surface area contributed by atoms with Crippen molar-refractivity contribution in [2.75, 3.05) is 22.5 Å². The van der Waals surface area contributed by atoms with Gasteiger partial charge in [-0.2, -0.15) is 0 Å². The number of carbonyl (C=O) groups excluding carboxylic acids is 2. The Morgan fingerprint density at radius 1 is 1.03 bits per heavy atom. The molecule has 2 aliphatic heterocycles. The van der Waals surface area contributed by atoms with Gasteiger partial charge in [0.15, 0.2) is 4.87 Å². The van der Waals surface area contributed by atoms with Crippen molar-refractivity contribution in [3.8, 4) is 0 Å². The Morgan fingerprint density at radius 2 is 1.71 bits per heavy atom. The van der Waals surface area contributed by atoms with Crippen molar-refractivity contribution in [1.82, 2.24) is 4.90 Å². The van der Waals surface area contributed by atoms with Crippen LogP contribution in [0.3, 0.4) is 0 Å². The number of carbonyl (C=O) groups is 2. The first-order chi connectivity index (χ1) is 16.3. The van der Waals surface area contributed by atoms with E-state index in [4.69, 9.17) is 0 Å². The Hall–Kier alpha value is -3.39. The molecule has 1 fully saturated rings. The predicted molar refractivity (Wildman–Crippen MR) is 130 cm³/mol. The number of fused-ring (bicyclic) bond motifs is 2. The molecule has 0 aliphatic carbocycles. The highest BCUT2D eigenvalue weighted by molar-refractivity contribution is 8.01. The number of aryl methyl sites for hydroxylation is 2. The highest BCUT2D eigenvalue weighted by Crippen LogP contribution is 2.54. The van der Waals surface area contributed by atoms with Crippen LogP contribution in [-0.4, -0.2) is 29.1 Å². The van der Waals surface area contributed by atoms with Crippen LogP contribution in [0.15, 0.2) is 60.7 Å². The van der Waals surface area contributed by atoms with Gasteiger partial charge >= 0.3 is 6.03 Å². The largest absolute Gasteiger partial charge is 0.323 e. The molecule has 5 rings (SSSR count). The number of amides is 3. The maximum Gasteiger partial charge on any atom is 0.323 e. The second-order valence-electron chi connectivity index (χ2n) is 8.55. The Balaban J connectivity index is 1.55. The number of benzene rings is 3. The third-order valence-corrected chi connectivity index (χ3v) is 7.69. The molecule has 5 nitrogen and oxygen atoms in total. The number of nitrogens with one attached hydrogen (secondary N) is 1. The van der Waals surface area contributed by atoms with Crippen molar-refractivity contribution < 1.29 is 18.4 Å². The molecule has 34 heavy (non-hydrogen) atoms. The lowest BCUT2D eigenvalue weighted by Crippen LogP contribution is -2.51. The van der Waals surface area contributed by atoms with Crippen LogP contribution >= 0.6 is 11.8 Å². The molecule has 0 bridgehead atoms. The van der Waals surface area contributed by atoms with Crippen LogP contribution in [0.1, 0.15) is 22.3 Å². The standard InChI is InChI=1S/C26H23F2N3O2S/c1-16-6-9-18(10-7-16)29-25(33)31-12-13-34-26(31)20-14-17(2)8-11-23(20)30(24(26)32)15-19-21(27)4-3-5-22(19)28/h3-11,14H,12-13,15H2,1-2H3,(H,29,33). The lowest BCUT2D eigenvalue weighted by molar-refractivity contribution is -0.123. The minimum Gasteiger partial charge on any atom is -0.308 e. The van der Waals surface area contributed by atoms with E-state index < -0.39 is 22.5 Å². The molecule has 0 radical (unpaired) electrons. The maximum absolute atomic E-state index is 14.5. The van der Waals surface area contributed by atoms with E-state index in [0.29, 0.717) is 29.2 Å². The van der Waals surface area contributed by atoms with Crippen LogP contribution in [0.25, 0.3) is 0 Å². The van der Waals surface area contributed by atoms with Gasteiger partial charge in [0.2, 0.25) is 0 Å². The number of hydrogen-bond donors (Lipinski definition) is 1. The number of rotatable bonds is 3. The van der Waals surface area contributed by atoms with E-state index in [1.165, 1.54) is 39.8 Å². The highest BCUT2D eigenvalue weighted by atomic mass is 32.2. The molecule has 0 aromatic heterocycles. The minimum absolute atomic E-state index is 0.182. The average molecular weight is 480 g/mol. The summed E-state index contributed by atoms with van der Waals surface area (Å²) in [7, 11) is 0. The summed E-state index contributed by atoms with van der Waals surface area (Å²) in [6.07, 6.45) is 0. The Labute approximate surface area is 200 Å². The van der Waals surface area contributed by atoms with Gasteiger partial charge < -0.3 is 10.2 Å². The van der Waals surface area contributed by atoms with Gasteiger partial charge in [-0.25, -0.2) is 13.6 Å². The van der Waals surface area contributed by atoms with Crippen LogP contribution in [0.4, 0.5) is 25.0 Å². The molecular weight excluding hydrogens is 456 g/mol. The second-order valence-corrected chi connectivity index (χ2v) is 9.84. The summed E-state index contributed by atoms with van der Waals surface area (Å²) >= 11 is 1.37. The van der Waals surface area contributed by atoms with Gasteiger partial charge in [0.05, 0.1) is 12.2 Å². The van der Waals surface area contributed by atoms with Crippen molar-refractivity contribution in [2.24, 2.45) is 0 Å². The van der Waals surface area contributed by atoms with Crippen molar-refractivity contribution in [1.29, 1.82) is 0 Å². The average Bonchev–Trinajstić information content (AvgIpc) is 3.35. The fourth-order valence-electron chi connectivity index (χ4n) is 4.56. The summed E-state index contributed by atoms with van der Waals surface area (Å²) in [6, 6.07) is 16.2. The van der Waals surface area contributed by atoms with Crippen LogP contribution in [-0.2, 0) is 16.2 Å². The van der Waals surface area contributed by atoms with E-state index in [0.717, 1.165) is 11.1 Å². The first-order valence-electron chi connectivity index (χ1n) is 11.0. The SMILES string of the molecule is Cc1ccc(NC(=O)N2CCSC23C(=O)N(Cc2c(F)cccc2F)c2ccc(C)cc23)cc1. The van der Waals surface area contributed by atoms with Gasteiger partial charge in [-0.1, -0.05) is 41.5 Å². The van der Waals surface area contributed by atoms with E-state index in [1.807, 2.05) is 50.2 Å². The van der Waals surface area contributed by atoms with Crippen molar-refractivity contribution >= 4 is 35.1 Å². The van der Waals surface area contributed by atoms with Crippen molar-refractivity contribution in [2.45, 2.75) is 25.3 Å². The first kappa shape index (κ1) is 22.4. The summed E-state index contributed by atoms with van der Waals surface area (Å²) in [4.78, 5) is 29.0. The molecule has 3 amide bonds. The molecule has 2 heterocycles. The smallest absolute Gasteiger partial charge is 0.308 e. The molecule has 0 saturated carbocycles. The Bertz CT molecular complexity index is 1280. The highest BCUT2D eigenvalue weighted by Gasteiger charge is 2.59. The Kier molecular flexibility index (Phi) is 5.56. The third-order valence-electron chi connectivity index (χ3n) is 6.27. The molecule has 1 N–H and O–H groups in total. The molecule has 3 aromatic carbocycles. The molecule has 2 aliphatic rings. The number of thioether (sulfide) groups is 1. The number of anilines is 2. The van der Waals surface area contributed by atoms with Gasteiger partial charge in [-0.3, -0.25) is 9.69 Å².